The maximum absolute atomic E-state index is 13.3. The van der Waals surface area contributed by atoms with Crippen molar-refractivity contribution in [3.05, 3.63) is 53.9 Å². The molecule has 0 unspecified atom stereocenters. The Morgan fingerprint density at radius 1 is 1.15 bits per heavy atom. The van der Waals surface area contributed by atoms with Gasteiger partial charge in [-0.1, -0.05) is 0 Å². The molecule has 1 aromatic carbocycles. The Morgan fingerprint density at radius 2 is 1.90 bits per heavy atom. The van der Waals surface area contributed by atoms with E-state index in [1.807, 2.05) is 0 Å². The highest BCUT2D eigenvalue weighted by atomic mass is 19.1. The van der Waals surface area contributed by atoms with Gasteiger partial charge in [-0.05, 0) is 18.2 Å². The van der Waals surface area contributed by atoms with Gasteiger partial charge in [0.1, 0.15) is 11.6 Å². The molecule has 0 radical (unpaired) electrons. The van der Waals surface area contributed by atoms with Gasteiger partial charge in [-0.3, -0.25) is 4.79 Å². The molecule has 0 atom stereocenters. The smallest absolute Gasteiger partial charge is 0.254 e. The number of nitrogens with one attached hydrogen (secondary N) is 2. The molecule has 2 rings (SSSR count). The predicted octanol–water partition coefficient (Wildman–Crippen LogP) is 1.60. The Hall–Kier alpha value is -2.57. The van der Waals surface area contributed by atoms with Crippen LogP contribution in [0.2, 0.25) is 0 Å². The molecule has 0 aliphatic carbocycles. The lowest BCUT2D eigenvalue weighted by molar-refractivity contribution is 0.0951. The molecule has 0 aliphatic rings. The molecule has 1 amide bonds. The average Bonchev–Trinajstić information content (AvgIpc) is 2.44. The van der Waals surface area contributed by atoms with Crippen molar-refractivity contribution in [3.8, 4) is 0 Å². The molecule has 2 aromatic rings. The van der Waals surface area contributed by atoms with E-state index >= 15 is 0 Å². The van der Waals surface area contributed by atoms with Crippen LogP contribution in [0.25, 0.3) is 0 Å². The molecule has 0 bridgehead atoms. The van der Waals surface area contributed by atoms with Crippen LogP contribution < -0.4 is 10.6 Å². The summed E-state index contributed by atoms with van der Waals surface area (Å²) < 4.78 is 26.0. The van der Waals surface area contributed by atoms with Crippen LogP contribution >= 0.6 is 0 Å². The fraction of sp³-hybridized carbons (Fsp3) is 0.154. The number of hydrogen-bond donors (Lipinski definition) is 2. The van der Waals surface area contributed by atoms with Gasteiger partial charge >= 0.3 is 0 Å². The van der Waals surface area contributed by atoms with Crippen molar-refractivity contribution in [2.45, 2.75) is 0 Å². The summed E-state index contributed by atoms with van der Waals surface area (Å²) >= 11 is 0. The van der Waals surface area contributed by atoms with Crippen molar-refractivity contribution in [2.24, 2.45) is 0 Å². The maximum Gasteiger partial charge on any atom is 0.254 e. The Morgan fingerprint density at radius 3 is 2.60 bits per heavy atom. The van der Waals surface area contributed by atoms with E-state index in [9.17, 15) is 13.6 Å². The summed E-state index contributed by atoms with van der Waals surface area (Å²) in [7, 11) is 0. The Kier molecular flexibility index (Phi) is 4.54. The van der Waals surface area contributed by atoms with Gasteiger partial charge in [-0.25, -0.2) is 18.7 Å². The molecular weight excluding hydrogens is 266 g/mol. The third kappa shape index (κ3) is 3.71. The zero-order valence-corrected chi connectivity index (χ0v) is 10.4. The second kappa shape index (κ2) is 6.55. The molecule has 104 valence electrons. The Labute approximate surface area is 114 Å². The van der Waals surface area contributed by atoms with Gasteiger partial charge in [0.05, 0.1) is 5.56 Å². The van der Waals surface area contributed by atoms with E-state index in [4.69, 9.17) is 0 Å². The lowest BCUT2D eigenvalue weighted by Crippen LogP contribution is -2.29. The lowest BCUT2D eigenvalue weighted by atomic mass is 10.2. The third-order valence-corrected chi connectivity index (χ3v) is 2.44. The Bertz CT molecular complexity index is 592. The molecule has 5 nitrogen and oxygen atoms in total. The molecular formula is C13H12F2N4O. The monoisotopic (exact) mass is 278 g/mol. The zero-order chi connectivity index (χ0) is 14.4. The maximum atomic E-state index is 13.3. The summed E-state index contributed by atoms with van der Waals surface area (Å²) in [6, 6.07) is 4.50. The fourth-order valence-corrected chi connectivity index (χ4v) is 1.51. The first-order valence-electron chi connectivity index (χ1n) is 5.91. The number of carbonyl (C=O) groups excluding carboxylic acids is 1. The van der Waals surface area contributed by atoms with Gasteiger partial charge in [0, 0.05) is 31.5 Å². The second-order valence-electron chi connectivity index (χ2n) is 3.88. The summed E-state index contributed by atoms with van der Waals surface area (Å²) in [6.07, 6.45) is 3.17. The van der Waals surface area contributed by atoms with E-state index in [1.165, 1.54) is 0 Å². The first-order valence-corrected chi connectivity index (χ1v) is 5.91. The van der Waals surface area contributed by atoms with Gasteiger partial charge in [0.15, 0.2) is 0 Å². The van der Waals surface area contributed by atoms with Crippen LogP contribution in [0.4, 0.5) is 14.7 Å². The first kappa shape index (κ1) is 13.9. The fourth-order valence-electron chi connectivity index (χ4n) is 1.51. The summed E-state index contributed by atoms with van der Waals surface area (Å²) in [5.74, 6) is -1.77. The normalized spacial score (nSPS) is 10.1. The minimum atomic E-state index is -0.887. The Balaban J connectivity index is 1.80. The van der Waals surface area contributed by atoms with Crippen molar-refractivity contribution >= 4 is 11.9 Å². The molecule has 20 heavy (non-hydrogen) atoms. The molecule has 0 aliphatic heterocycles. The van der Waals surface area contributed by atoms with Crippen molar-refractivity contribution < 1.29 is 13.6 Å². The quantitative estimate of drug-likeness (QED) is 0.815. The number of hydrogen-bond acceptors (Lipinski definition) is 4. The zero-order valence-electron chi connectivity index (χ0n) is 10.4. The summed E-state index contributed by atoms with van der Waals surface area (Å²) in [5, 5.41) is 5.39. The molecule has 0 fully saturated rings. The SMILES string of the molecule is O=C(NCCNc1ncccn1)c1ccc(F)cc1F. The molecule has 2 N–H and O–H groups in total. The molecule has 1 aromatic heterocycles. The van der Waals surface area contributed by atoms with E-state index in [2.05, 4.69) is 20.6 Å². The predicted molar refractivity (Wildman–Crippen MR) is 69.2 cm³/mol. The number of nitrogens with zero attached hydrogens (tertiary/aromatic N) is 2. The van der Waals surface area contributed by atoms with E-state index in [0.29, 0.717) is 18.6 Å². The van der Waals surface area contributed by atoms with E-state index in [1.54, 1.807) is 18.5 Å². The number of anilines is 1. The number of carbonyl (C=O) groups is 1. The highest BCUT2D eigenvalue weighted by Gasteiger charge is 2.11. The largest absolute Gasteiger partial charge is 0.352 e. The standard InChI is InChI=1S/C13H12F2N4O/c14-9-2-3-10(11(15)8-9)12(20)16-6-7-19-13-17-4-1-5-18-13/h1-5,8H,6-7H2,(H,16,20)(H,17,18,19). The molecule has 0 saturated carbocycles. The van der Waals surface area contributed by atoms with Crippen LogP contribution in [-0.4, -0.2) is 29.0 Å². The molecule has 0 saturated heterocycles. The van der Waals surface area contributed by atoms with Crippen LogP contribution in [0.3, 0.4) is 0 Å². The van der Waals surface area contributed by atoms with Crippen molar-refractivity contribution in [1.29, 1.82) is 0 Å². The van der Waals surface area contributed by atoms with Gasteiger partial charge in [0.25, 0.3) is 5.91 Å². The minimum Gasteiger partial charge on any atom is -0.352 e. The van der Waals surface area contributed by atoms with Crippen LogP contribution in [0.15, 0.2) is 36.7 Å². The van der Waals surface area contributed by atoms with Crippen molar-refractivity contribution in [2.75, 3.05) is 18.4 Å². The molecule has 1 heterocycles. The van der Waals surface area contributed by atoms with E-state index < -0.39 is 17.5 Å². The molecule has 0 spiro atoms. The van der Waals surface area contributed by atoms with Gasteiger partial charge in [-0.2, -0.15) is 0 Å². The topological polar surface area (TPSA) is 66.9 Å². The third-order valence-electron chi connectivity index (χ3n) is 2.44. The van der Waals surface area contributed by atoms with Crippen LogP contribution in [0.5, 0.6) is 0 Å². The number of benzene rings is 1. The number of halogens is 2. The highest BCUT2D eigenvalue weighted by molar-refractivity contribution is 5.94. The van der Waals surface area contributed by atoms with Gasteiger partial charge in [-0.15, -0.1) is 0 Å². The summed E-state index contributed by atoms with van der Waals surface area (Å²) in [6.45, 7) is 0.645. The minimum absolute atomic E-state index is 0.192. The number of rotatable bonds is 5. The number of aromatic nitrogens is 2. The van der Waals surface area contributed by atoms with E-state index in [-0.39, 0.29) is 12.1 Å². The molecule has 7 heteroatoms. The van der Waals surface area contributed by atoms with E-state index in [0.717, 1.165) is 12.1 Å². The first-order chi connectivity index (χ1) is 9.66. The van der Waals surface area contributed by atoms with Crippen molar-refractivity contribution in [1.82, 2.24) is 15.3 Å². The number of amides is 1. The van der Waals surface area contributed by atoms with Gasteiger partial charge in [0.2, 0.25) is 5.95 Å². The summed E-state index contributed by atoms with van der Waals surface area (Å²) in [5.41, 5.74) is -0.192. The van der Waals surface area contributed by atoms with Gasteiger partial charge < -0.3 is 10.6 Å². The second-order valence-corrected chi connectivity index (χ2v) is 3.88. The summed E-state index contributed by atoms with van der Waals surface area (Å²) in [4.78, 5) is 19.5. The van der Waals surface area contributed by atoms with Crippen LogP contribution in [-0.2, 0) is 0 Å². The average molecular weight is 278 g/mol. The van der Waals surface area contributed by atoms with Crippen LogP contribution in [0.1, 0.15) is 10.4 Å². The lowest BCUT2D eigenvalue weighted by Gasteiger charge is -2.07. The highest BCUT2D eigenvalue weighted by Crippen LogP contribution is 2.09. The van der Waals surface area contributed by atoms with Crippen molar-refractivity contribution in [3.63, 3.8) is 0 Å². The van der Waals surface area contributed by atoms with Crippen LogP contribution in [0, 0.1) is 11.6 Å².